The smallest absolute Gasteiger partial charge is 0.434 e. The molecule has 0 saturated carbocycles. The van der Waals surface area contributed by atoms with Crippen LogP contribution in [0.1, 0.15) is 47.1 Å². The van der Waals surface area contributed by atoms with E-state index < -0.39 is 23.3 Å². The Morgan fingerprint density at radius 1 is 1.00 bits per heavy atom. The zero-order chi connectivity index (χ0) is 19.6. The average molecular weight is 352 g/mol. The first kappa shape index (κ1) is 20.6. The molecule has 0 heterocycles. The number of benzene rings is 1. The van der Waals surface area contributed by atoms with Gasteiger partial charge in [-0.2, -0.15) is 0 Å². The number of carboxylic acid groups (broad SMARTS) is 1. The molecule has 0 radical (unpaired) electrons. The van der Waals surface area contributed by atoms with Crippen LogP contribution in [0.2, 0.25) is 0 Å². The molecule has 0 aliphatic carbocycles. The normalized spacial score (nSPS) is 11.7. The van der Waals surface area contributed by atoms with Crippen LogP contribution in [0.25, 0.3) is 0 Å². The highest BCUT2D eigenvalue weighted by molar-refractivity contribution is 5.76. The molecular weight excluding hydrogens is 324 g/mol. The van der Waals surface area contributed by atoms with Gasteiger partial charge in [-0.25, -0.2) is 19.6 Å². The number of rotatable bonds is 2. The molecule has 7 nitrogen and oxygen atoms in total. The lowest BCUT2D eigenvalue weighted by Crippen LogP contribution is -2.64. The van der Waals surface area contributed by atoms with E-state index in [-0.39, 0.29) is 0 Å². The summed E-state index contributed by atoms with van der Waals surface area (Å²) in [5.41, 5.74) is -0.820. The van der Waals surface area contributed by atoms with Gasteiger partial charge in [0.25, 0.3) is 0 Å². The lowest BCUT2D eigenvalue weighted by molar-refractivity contribution is -0.0915. The first-order chi connectivity index (χ1) is 11.3. The second kappa shape index (κ2) is 7.21. The highest BCUT2D eigenvalue weighted by Gasteiger charge is 2.42. The van der Waals surface area contributed by atoms with Crippen LogP contribution in [0.5, 0.6) is 11.5 Å². The molecule has 0 aliphatic heterocycles. The highest BCUT2D eigenvalue weighted by atomic mass is 16.6. The van der Waals surface area contributed by atoms with Crippen molar-refractivity contribution in [1.29, 1.82) is 0 Å². The quantitative estimate of drug-likeness (QED) is 0.803. The van der Waals surface area contributed by atoms with Gasteiger partial charge in [0.15, 0.2) is 0 Å². The summed E-state index contributed by atoms with van der Waals surface area (Å²) < 4.78 is 10.6. The summed E-state index contributed by atoms with van der Waals surface area (Å²) in [5, 5.41) is 11.7. The Bertz CT molecular complexity index is 644. The molecule has 2 amide bonds. The molecular formula is C18H28N2O5. The average Bonchev–Trinajstić information content (AvgIpc) is 2.41. The lowest BCUT2D eigenvalue weighted by Gasteiger charge is -2.46. The van der Waals surface area contributed by atoms with Gasteiger partial charge in [0.2, 0.25) is 0 Å². The fourth-order valence-corrected chi connectivity index (χ4v) is 2.39. The largest absolute Gasteiger partial charge is 0.496 e. The second-order valence-electron chi connectivity index (χ2n) is 7.75. The topological polar surface area (TPSA) is 79.3 Å². The van der Waals surface area contributed by atoms with Gasteiger partial charge < -0.3 is 14.6 Å². The third kappa shape index (κ3) is 5.01. The molecule has 1 aromatic carbocycles. The molecule has 0 fully saturated rings. The fourth-order valence-electron chi connectivity index (χ4n) is 2.39. The molecule has 0 saturated heterocycles. The maximum atomic E-state index is 12.8. The molecule has 1 N–H and O–H groups in total. The minimum atomic E-state index is -1.23. The van der Waals surface area contributed by atoms with Crippen molar-refractivity contribution in [3.63, 3.8) is 0 Å². The van der Waals surface area contributed by atoms with Gasteiger partial charge in [-0.15, -0.1) is 0 Å². The van der Waals surface area contributed by atoms with Crippen LogP contribution in [0, 0.1) is 6.92 Å². The van der Waals surface area contributed by atoms with Gasteiger partial charge in [-0.1, -0.05) is 0 Å². The minimum Gasteiger partial charge on any atom is -0.496 e. The molecule has 1 aromatic rings. The van der Waals surface area contributed by atoms with Crippen molar-refractivity contribution in [3.05, 3.63) is 23.8 Å². The van der Waals surface area contributed by atoms with Crippen LogP contribution >= 0.6 is 0 Å². The second-order valence-corrected chi connectivity index (χ2v) is 7.75. The zero-order valence-electron chi connectivity index (χ0n) is 16.2. The number of amides is 2. The Morgan fingerprint density at radius 3 is 1.88 bits per heavy atom. The summed E-state index contributed by atoms with van der Waals surface area (Å²) in [6, 6.07) is 4.96. The lowest BCUT2D eigenvalue weighted by atomic mass is 10.1. The van der Waals surface area contributed by atoms with E-state index in [0.717, 1.165) is 15.6 Å². The van der Waals surface area contributed by atoms with E-state index in [2.05, 4.69) is 0 Å². The standard InChI is InChI=1S/C18H28N2O5/c1-12-11-13(9-10-14(12)24-8)25-16(23)20(18(5,6)7)19(15(21)22)17(2,3)4/h9-11H,1-8H3,(H,21,22). The molecule has 0 atom stereocenters. The first-order valence-corrected chi connectivity index (χ1v) is 7.98. The van der Waals surface area contributed by atoms with E-state index in [1.54, 1.807) is 66.9 Å². The van der Waals surface area contributed by atoms with Gasteiger partial charge in [-0.3, -0.25) is 0 Å². The molecule has 0 unspecified atom stereocenters. The summed E-state index contributed by atoms with van der Waals surface area (Å²) in [7, 11) is 1.56. The number of methoxy groups -OCH3 is 1. The van der Waals surface area contributed by atoms with Crippen LogP contribution in [0.3, 0.4) is 0 Å². The molecule has 0 aromatic heterocycles. The SMILES string of the molecule is COc1ccc(OC(=O)N(N(C(=O)O)C(C)(C)C)C(C)(C)C)cc1C. The fraction of sp³-hybridized carbons (Fsp3) is 0.556. The Hall–Kier alpha value is -2.44. The van der Waals surface area contributed by atoms with Crippen molar-refractivity contribution in [2.24, 2.45) is 0 Å². The van der Waals surface area contributed by atoms with Gasteiger partial charge in [0.05, 0.1) is 18.2 Å². The Morgan fingerprint density at radius 2 is 1.52 bits per heavy atom. The summed E-state index contributed by atoms with van der Waals surface area (Å²) >= 11 is 0. The summed E-state index contributed by atoms with van der Waals surface area (Å²) in [4.78, 5) is 24.6. The van der Waals surface area contributed by atoms with Crippen LogP contribution < -0.4 is 9.47 Å². The molecule has 7 heteroatoms. The Balaban J connectivity index is 3.22. The van der Waals surface area contributed by atoms with Crippen LogP contribution in [-0.2, 0) is 0 Å². The Kier molecular flexibility index (Phi) is 5.94. The Labute approximate surface area is 149 Å². The van der Waals surface area contributed by atoms with Crippen molar-refractivity contribution in [2.45, 2.75) is 59.5 Å². The maximum Gasteiger partial charge on any atom is 0.434 e. The van der Waals surface area contributed by atoms with Gasteiger partial charge in [-0.05, 0) is 72.2 Å². The zero-order valence-corrected chi connectivity index (χ0v) is 16.2. The van der Waals surface area contributed by atoms with Gasteiger partial charge >= 0.3 is 12.2 Å². The molecule has 0 spiro atoms. The molecule has 0 bridgehead atoms. The molecule has 0 aliphatic rings. The van der Waals surface area contributed by atoms with Crippen LogP contribution in [0.15, 0.2) is 18.2 Å². The van der Waals surface area contributed by atoms with E-state index in [0.29, 0.717) is 11.5 Å². The minimum absolute atomic E-state index is 0.316. The van der Waals surface area contributed by atoms with Crippen LogP contribution in [-0.4, -0.2) is 45.5 Å². The van der Waals surface area contributed by atoms with E-state index in [9.17, 15) is 14.7 Å². The van der Waals surface area contributed by atoms with Crippen molar-refractivity contribution in [3.8, 4) is 11.5 Å². The van der Waals surface area contributed by atoms with Crippen LogP contribution in [0.4, 0.5) is 9.59 Å². The number of carbonyl (C=O) groups excluding carboxylic acids is 1. The predicted molar refractivity (Wildman–Crippen MR) is 95.0 cm³/mol. The van der Waals surface area contributed by atoms with E-state index in [1.165, 1.54) is 0 Å². The van der Waals surface area contributed by atoms with Gasteiger partial charge in [0, 0.05) is 0 Å². The number of hydrogen-bond acceptors (Lipinski definition) is 4. The summed E-state index contributed by atoms with van der Waals surface area (Å²) in [6.45, 7) is 12.2. The first-order valence-electron chi connectivity index (χ1n) is 7.98. The monoisotopic (exact) mass is 352 g/mol. The van der Waals surface area contributed by atoms with Crippen molar-refractivity contribution >= 4 is 12.2 Å². The van der Waals surface area contributed by atoms with Gasteiger partial charge in [0.1, 0.15) is 11.5 Å². The van der Waals surface area contributed by atoms with Crippen molar-refractivity contribution in [2.75, 3.05) is 7.11 Å². The number of nitrogens with zero attached hydrogens (tertiary/aromatic N) is 2. The predicted octanol–water partition coefficient (Wildman–Crippen LogP) is 4.30. The number of ether oxygens (including phenoxy) is 2. The van der Waals surface area contributed by atoms with E-state index >= 15 is 0 Å². The molecule has 1 rings (SSSR count). The summed E-state index contributed by atoms with van der Waals surface area (Å²) in [5.74, 6) is 0.992. The molecule has 25 heavy (non-hydrogen) atoms. The van der Waals surface area contributed by atoms with E-state index in [1.807, 2.05) is 6.92 Å². The summed E-state index contributed by atoms with van der Waals surface area (Å²) in [6.07, 6.45) is -2.00. The molecule has 140 valence electrons. The number of hydrogen-bond donors (Lipinski definition) is 1. The van der Waals surface area contributed by atoms with Crippen molar-refractivity contribution in [1.82, 2.24) is 10.0 Å². The third-order valence-corrected chi connectivity index (χ3v) is 3.40. The highest BCUT2D eigenvalue weighted by Crippen LogP contribution is 2.28. The van der Waals surface area contributed by atoms with Crippen molar-refractivity contribution < 1.29 is 24.2 Å². The number of aryl methyl sites for hydroxylation is 1. The number of hydrazine groups is 1. The van der Waals surface area contributed by atoms with E-state index in [4.69, 9.17) is 9.47 Å². The number of carbonyl (C=O) groups is 2. The maximum absolute atomic E-state index is 12.8. The third-order valence-electron chi connectivity index (χ3n) is 3.40.